The molecule has 2 aromatic rings. The van der Waals surface area contributed by atoms with Crippen molar-refractivity contribution in [2.24, 2.45) is 0 Å². The number of ether oxygens (including phenoxy) is 1. The second kappa shape index (κ2) is 6.15. The van der Waals surface area contributed by atoms with E-state index < -0.39 is 5.60 Å². The minimum Gasteiger partial charge on any atom is -0.486 e. The largest absolute Gasteiger partial charge is 0.486 e. The summed E-state index contributed by atoms with van der Waals surface area (Å²) in [4.78, 5) is 30.9. The fourth-order valence-corrected chi connectivity index (χ4v) is 3.69. The van der Waals surface area contributed by atoms with Gasteiger partial charge in [-0.05, 0) is 30.3 Å². The van der Waals surface area contributed by atoms with E-state index >= 15 is 0 Å². The Balaban J connectivity index is 1.49. The molecule has 4 rings (SSSR count). The van der Waals surface area contributed by atoms with Gasteiger partial charge >= 0.3 is 0 Å². The number of fused-ring (bicyclic) bond motifs is 1. The minimum atomic E-state index is -0.529. The lowest BCUT2D eigenvalue weighted by Gasteiger charge is -2.43. The predicted molar refractivity (Wildman–Crippen MR) is 93.1 cm³/mol. The van der Waals surface area contributed by atoms with Gasteiger partial charge in [0.1, 0.15) is 17.0 Å². The van der Waals surface area contributed by atoms with Crippen LogP contribution in [0.2, 0.25) is 5.02 Å². The monoisotopic (exact) mass is 356 g/mol. The Bertz CT molecular complexity index is 830. The molecule has 1 fully saturated rings. The van der Waals surface area contributed by atoms with Crippen molar-refractivity contribution in [2.75, 3.05) is 13.1 Å². The van der Waals surface area contributed by atoms with Crippen molar-refractivity contribution in [2.45, 2.75) is 24.9 Å². The second-order valence-electron chi connectivity index (χ2n) is 6.53. The molecule has 0 N–H and O–H groups in total. The molecule has 1 aromatic carbocycles. The molecule has 0 aliphatic carbocycles. The number of ketones is 1. The topological polar surface area (TPSA) is 59.5 Å². The van der Waals surface area contributed by atoms with Crippen molar-refractivity contribution in [3.05, 3.63) is 58.9 Å². The highest BCUT2D eigenvalue weighted by Crippen LogP contribution is 2.40. The lowest BCUT2D eigenvalue weighted by Crippen LogP contribution is -2.52. The highest BCUT2D eigenvalue weighted by Gasteiger charge is 2.43. The van der Waals surface area contributed by atoms with Crippen LogP contribution in [-0.2, 0) is 0 Å². The van der Waals surface area contributed by atoms with Gasteiger partial charge < -0.3 is 9.64 Å². The number of hydrogen-bond acceptors (Lipinski definition) is 4. The molecule has 0 bridgehead atoms. The smallest absolute Gasteiger partial charge is 0.272 e. The molecule has 128 valence electrons. The van der Waals surface area contributed by atoms with Gasteiger partial charge in [0.05, 0.1) is 12.0 Å². The van der Waals surface area contributed by atoms with Crippen LogP contribution in [0.4, 0.5) is 0 Å². The van der Waals surface area contributed by atoms with Gasteiger partial charge in [-0.25, -0.2) is 0 Å². The van der Waals surface area contributed by atoms with E-state index in [-0.39, 0.29) is 11.7 Å². The number of Topliss-reactive ketones (excluding diaryl/α,β-unsaturated/α-hetero) is 1. The van der Waals surface area contributed by atoms with Crippen LogP contribution in [0, 0.1) is 0 Å². The summed E-state index contributed by atoms with van der Waals surface area (Å²) >= 11 is 5.97. The van der Waals surface area contributed by atoms with Crippen molar-refractivity contribution in [3.63, 3.8) is 0 Å². The number of carbonyl (C=O) groups excluding carboxylic acids is 2. The molecule has 5 nitrogen and oxygen atoms in total. The maximum Gasteiger partial charge on any atom is 0.272 e. The maximum absolute atomic E-state index is 12.5. The molecular weight excluding hydrogens is 340 g/mol. The van der Waals surface area contributed by atoms with Crippen LogP contribution >= 0.6 is 11.6 Å². The number of aromatic nitrogens is 1. The van der Waals surface area contributed by atoms with Gasteiger partial charge in [-0.3, -0.25) is 14.6 Å². The van der Waals surface area contributed by atoms with Crippen molar-refractivity contribution >= 4 is 23.3 Å². The molecule has 1 spiro atoms. The van der Waals surface area contributed by atoms with Crippen LogP contribution in [0.3, 0.4) is 0 Å². The standard InChI is InChI=1S/C19H17ClN2O3/c20-13-4-5-17-14(11-13)16(23)12-19(25-17)6-9-22(10-7-19)18(24)15-3-1-2-8-21-15/h1-5,8,11H,6-7,9-10,12H2. The summed E-state index contributed by atoms with van der Waals surface area (Å²) in [7, 11) is 0. The first kappa shape index (κ1) is 16.1. The molecule has 1 aromatic heterocycles. The van der Waals surface area contributed by atoms with Crippen LogP contribution < -0.4 is 4.74 Å². The highest BCUT2D eigenvalue weighted by atomic mass is 35.5. The highest BCUT2D eigenvalue weighted by molar-refractivity contribution is 6.31. The summed E-state index contributed by atoms with van der Waals surface area (Å²) in [6.45, 7) is 1.09. The molecule has 0 atom stereocenters. The Morgan fingerprint density at radius 2 is 2.00 bits per heavy atom. The first-order valence-electron chi connectivity index (χ1n) is 8.28. The van der Waals surface area contributed by atoms with Crippen LogP contribution in [0.1, 0.15) is 40.1 Å². The van der Waals surface area contributed by atoms with Crippen molar-refractivity contribution in [3.8, 4) is 5.75 Å². The second-order valence-corrected chi connectivity index (χ2v) is 6.97. The molecule has 2 aliphatic heterocycles. The molecule has 25 heavy (non-hydrogen) atoms. The van der Waals surface area contributed by atoms with Gasteiger partial charge in [-0.2, -0.15) is 0 Å². The summed E-state index contributed by atoms with van der Waals surface area (Å²) in [6, 6.07) is 10.4. The third kappa shape index (κ3) is 3.00. The maximum atomic E-state index is 12.5. The van der Waals surface area contributed by atoms with Crippen LogP contribution in [0.15, 0.2) is 42.6 Å². The molecule has 6 heteroatoms. The summed E-state index contributed by atoms with van der Waals surface area (Å²) in [5.74, 6) is 0.558. The van der Waals surface area contributed by atoms with Crippen molar-refractivity contribution < 1.29 is 14.3 Å². The molecular formula is C19H17ClN2O3. The quantitative estimate of drug-likeness (QED) is 0.786. The van der Waals surface area contributed by atoms with Crippen LogP contribution in [0.25, 0.3) is 0 Å². The predicted octanol–water partition coefficient (Wildman–Crippen LogP) is 3.38. The lowest BCUT2D eigenvalue weighted by molar-refractivity contribution is -0.00584. The van der Waals surface area contributed by atoms with Gasteiger partial charge in [0.2, 0.25) is 0 Å². The summed E-state index contributed by atoms with van der Waals surface area (Å²) in [6.07, 6.45) is 3.19. The molecule has 1 saturated heterocycles. The summed E-state index contributed by atoms with van der Waals surface area (Å²) in [5, 5.41) is 0.530. The van der Waals surface area contributed by atoms with Crippen molar-refractivity contribution in [1.82, 2.24) is 9.88 Å². The van der Waals surface area contributed by atoms with Crippen molar-refractivity contribution in [1.29, 1.82) is 0 Å². The normalized spacial score (nSPS) is 18.6. The lowest BCUT2D eigenvalue weighted by atomic mass is 9.82. The number of nitrogens with zero attached hydrogens (tertiary/aromatic N) is 2. The summed E-state index contributed by atoms with van der Waals surface area (Å²) < 4.78 is 6.19. The SMILES string of the molecule is O=C1CC2(CCN(C(=O)c3ccccn3)CC2)Oc2ccc(Cl)cc21. The molecule has 0 saturated carbocycles. The van der Waals surface area contributed by atoms with Gasteiger partial charge in [0.25, 0.3) is 5.91 Å². The van der Waals surface area contributed by atoms with E-state index in [0.29, 0.717) is 54.4 Å². The Morgan fingerprint density at radius 1 is 1.20 bits per heavy atom. The molecule has 1 amide bonds. The molecule has 0 radical (unpaired) electrons. The number of pyridine rings is 1. The van der Waals surface area contributed by atoms with Gasteiger partial charge in [0.15, 0.2) is 5.78 Å². The third-order valence-corrected chi connectivity index (χ3v) is 5.13. The number of rotatable bonds is 1. The Hall–Kier alpha value is -2.40. The Morgan fingerprint density at radius 3 is 2.72 bits per heavy atom. The van der Waals surface area contributed by atoms with E-state index in [9.17, 15) is 9.59 Å². The molecule has 3 heterocycles. The van der Waals surface area contributed by atoms with E-state index in [1.165, 1.54) is 0 Å². The molecule has 2 aliphatic rings. The zero-order valence-corrected chi connectivity index (χ0v) is 14.3. The number of carbonyl (C=O) groups is 2. The number of benzene rings is 1. The summed E-state index contributed by atoms with van der Waals surface area (Å²) in [5.41, 5.74) is 0.461. The number of piperidine rings is 1. The van der Waals surface area contributed by atoms with Gasteiger partial charge in [-0.15, -0.1) is 0 Å². The van der Waals surface area contributed by atoms with Crippen LogP contribution in [0.5, 0.6) is 5.75 Å². The fraction of sp³-hybridized carbons (Fsp3) is 0.316. The van der Waals surface area contributed by atoms with E-state index in [0.717, 1.165) is 0 Å². The zero-order valence-electron chi connectivity index (χ0n) is 13.6. The number of hydrogen-bond donors (Lipinski definition) is 0. The van der Waals surface area contributed by atoms with E-state index in [1.807, 2.05) is 0 Å². The Labute approximate surface area is 150 Å². The zero-order chi connectivity index (χ0) is 17.4. The number of halogens is 1. The molecule has 0 unspecified atom stereocenters. The number of likely N-dealkylation sites (tertiary alicyclic amines) is 1. The Kier molecular flexibility index (Phi) is 3.96. The minimum absolute atomic E-state index is 0.0493. The first-order valence-corrected chi connectivity index (χ1v) is 8.66. The van der Waals surface area contributed by atoms with Gasteiger partial charge in [0, 0.05) is 37.2 Å². The van der Waals surface area contributed by atoms with E-state index in [4.69, 9.17) is 16.3 Å². The first-order chi connectivity index (χ1) is 12.1. The number of amides is 1. The van der Waals surface area contributed by atoms with E-state index in [1.54, 1.807) is 47.5 Å². The average Bonchev–Trinajstić information content (AvgIpc) is 2.63. The third-order valence-electron chi connectivity index (χ3n) is 4.90. The average molecular weight is 357 g/mol. The van der Waals surface area contributed by atoms with E-state index in [2.05, 4.69) is 4.98 Å². The van der Waals surface area contributed by atoms with Crippen LogP contribution in [-0.4, -0.2) is 40.3 Å². The van der Waals surface area contributed by atoms with Gasteiger partial charge in [-0.1, -0.05) is 17.7 Å². The fourth-order valence-electron chi connectivity index (χ4n) is 3.51.